The summed E-state index contributed by atoms with van der Waals surface area (Å²) < 4.78 is 10.3. The highest BCUT2D eigenvalue weighted by Gasteiger charge is 2.12. The molecular weight excluding hydrogens is 232 g/mol. The van der Waals surface area contributed by atoms with Gasteiger partial charge < -0.3 is 14.6 Å². The molecular formula is C11H13ClO4. The first-order valence-electron chi connectivity index (χ1n) is 4.79. The molecule has 0 saturated carbocycles. The average Bonchev–Trinajstić information content (AvgIpc) is 2.29. The fraction of sp³-hybridized carbons (Fsp3) is 0.364. The van der Waals surface area contributed by atoms with E-state index in [0.717, 1.165) is 0 Å². The van der Waals surface area contributed by atoms with Gasteiger partial charge in [-0.1, -0.05) is 0 Å². The third-order valence-electron chi connectivity index (χ3n) is 1.95. The van der Waals surface area contributed by atoms with E-state index >= 15 is 0 Å². The fourth-order valence-corrected chi connectivity index (χ4v) is 1.27. The van der Waals surface area contributed by atoms with Crippen molar-refractivity contribution in [2.45, 2.75) is 6.42 Å². The number of aromatic carboxylic acids is 1. The molecule has 0 aromatic heterocycles. The van der Waals surface area contributed by atoms with Gasteiger partial charge in [-0.05, 0) is 18.6 Å². The van der Waals surface area contributed by atoms with Gasteiger partial charge in [-0.2, -0.15) is 0 Å². The quantitative estimate of drug-likeness (QED) is 0.617. The lowest BCUT2D eigenvalue weighted by atomic mass is 10.2. The van der Waals surface area contributed by atoms with Gasteiger partial charge >= 0.3 is 5.97 Å². The number of alkyl halides is 1. The van der Waals surface area contributed by atoms with Gasteiger partial charge in [0.1, 0.15) is 17.1 Å². The molecule has 0 aliphatic heterocycles. The molecule has 0 fully saturated rings. The maximum atomic E-state index is 10.9. The summed E-state index contributed by atoms with van der Waals surface area (Å²) in [5.41, 5.74) is 0.121. The first-order valence-corrected chi connectivity index (χ1v) is 5.32. The zero-order chi connectivity index (χ0) is 12.0. The normalized spacial score (nSPS) is 9.88. The van der Waals surface area contributed by atoms with E-state index in [1.165, 1.54) is 13.2 Å². The van der Waals surface area contributed by atoms with E-state index < -0.39 is 5.97 Å². The number of rotatable bonds is 6. The number of benzene rings is 1. The lowest BCUT2D eigenvalue weighted by Crippen LogP contribution is -2.05. The van der Waals surface area contributed by atoms with Crippen molar-refractivity contribution in [3.63, 3.8) is 0 Å². The molecule has 5 heteroatoms. The van der Waals surface area contributed by atoms with E-state index in [9.17, 15) is 4.79 Å². The molecule has 0 unspecified atom stereocenters. The Morgan fingerprint density at radius 1 is 1.50 bits per heavy atom. The van der Waals surface area contributed by atoms with Gasteiger partial charge in [0, 0.05) is 11.9 Å². The van der Waals surface area contributed by atoms with Crippen LogP contribution in [0.25, 0.3) is 0 Å². The number of carboxylic acid groups (broad SMARTS) is 1. The number of hydrogen-bond acceptors (Lipinski definition) is 3. The summed E-state index contributed by atoms with van der Waals surface area (Å²) in [4.78, 5) is 10.9. The third kappa shape index (κ3) is 3.31. The number of carboxylic acids is 1. The van der Waals surface area contributed by atoms with Crippen LogP contribution in [0.5, 0.6) is 11.5 Å². The highest BCUT2D eigenvalue weighted by Crippen LogP contribution is 2.25. The molecule has 0 heterocycles. The molecule has 0 bridgehead atoms. The van der Waals surface area contributed by atoms with Crippen LogP contribution in [0.2, 0.25) is 0 Å². The van der Waals surface area contributed by atoms with Crippen molar-refractivity contribution in [1.82, 2.24) is 0 Å². The molecule has 0 spiro atoms. The highest BCUT2D eigenvalue weighted by atomic mass is 35.5. The van der Waals surface area contributed by atoms with Crippen molar-refractivity contribution < 1.29 is 19.4 Å². The van der Waals surface area contributed by atoms with Crippen LogP contribution in [0.15, 0.2) is 18.2 Å². The van der Waals surface area contributed by atoms with E-state index in [-0.39, 0.29) is 5.56 Å². The van der Waals surface area contributed by atoms with Crippen molar-refractivity contribution in [3.05, 3.63) is 23.8 Å². The zero-order valence-electron chi connectivity index (χ0n) is 8.90. The summed E-state index contributed by atoms with van der Waals surface area (Å²) in [7, 11) is 1.51. The van der Waals surface area contributed by atoms with E-state index in [4.69, 9.17) is 26.2 Å². The minimum Gasteiger partial charge on any atom is -0.497 e. The van der Waals surface area contributed by atoms with Gasteiger partial charge in [0.05, 0.1) is 13.7 Å². The SMILES string of the molecule is COc1ccc(C(=O)O)c(OCCCCl)c1. The van der Waals surface area contributed by atoms with Crippen LogP contribution < -0.4 is 9.47 Å². The first-order chi connectivity index (χ1) is 7.69. The smallest absolute Gasteiger partial charge is 0.339 e. The molecule has 4 nitrogen and oxygen atoms in total. The molecule has 1 aromatic carbocycles. The molecule has 88 valence electrons. The largest absolute Gasteiger partial charge is 0.497 e. The second-order valence-corrected chi connectivity index (χ2v) is 3.44. The second-order valence-electron chi connectivity index (χ2n) is 3.06. The number of halogens is 1. The summed E-state index contributed by atoms with van der Waals surface area (Å²) in [6, 6.07) is 4.59. The Labute approximate surface area is 98.7 Å². The Morgan fingerprint density at radius 2 is 2.25 bits per heavy atom. The second kappa shape index (κ2) is 6.23. The number of methoxy groups -OCH3 is 1. The monoisotopic (exact) mass is 244 g/mol. The topological polar surface area (TPSA) is 55.8 Å². The standard InChI is InChI=1S/C11H13ClO4/c1-15-8-3-4-9(11(13)14)10(7-8)16-6-2-5-12/h3-4,7H,2,5-6H2,1H3,(H,13,14). The third-order valence-corrected chi connectivity index (χ3v) is 2.22. The maximum absolute atomic E-state index is 10.9. The first kappa shape index (κ1) is 12.6. The minimum atomic E-state index is -1.02. The predicted molar refractivity (Wildman–Crippen MR) is 60.8 cm³/mol. The fourth-order valence-electron chi connectivity index (χ4n) is 1.16. The number of carbonyl (C=O) groups is 1. The van der Waals surface area contributed by atoms with Crippen LogP contribution in [-0.2, 0) is 0 Å². The van der Waals surface area contributed by atoms with Gasteiger partial charge in [-0.3, -0.25) is 0 Å². The molecule has 0 aliphatic carbocycles. The van der Waals surface area contributed by atoms with Crippen LogP contribution >= 0.6 is 11.6 Å². The Balaban J connectivity index is 2.87. The molecule has 16 heavy (non-hydrogen) atoms. The minimum absolute atomic E-state index is 0.121. The molecule has 1 rings (SSSR count). The molecule has 1 N–H and O–H groups in total. The summed E-state index contributed by atoms with van der Waals surface area (Å²) in [5.74, 6) is 0.318. The Kier molecular flexibility index (Phi) is 4.92. The van der Waals surface area contributed by atoms with Crippen LogP contribution in [0, 0.1) is 0 Å². The van der Waals surface area contributed by atoms with Crippen molar-refractivity contribution in [1.29, 1.82) is 0 Å². The van der Waals surface area contributed by atoms with Gasteiger partial charge in [0.25, 0.3) is 0 Å². The van der Waals surface area contributed by atoms with Crippen LogP contribution in [0.1, 0.15) is 16.8 Å². The van der Waals surface area contributed by atoms with Crippen LogP contribution in [0.4, 0.5) is 0 Å². The van der Waals surface area contributed by atoms with E-state index in [0.29, 0.717) is 30.4 Å². The molecule has 0 aliphatic rings. The van der Waals surface area contributed by atoms with Crippen LogP contribution in [-0.4, -0.2) is 30.7 Å². The molecule has 1 aromatic rings. The van der Waals surface area contributed by atoms with E-state index in [1.807, 2.05) is 0 Å². The van der Waals surface area contributed by atoms with Gasteiger partial charge in [-0.25, -0.2) is 4.79 Å². The number of hydrogen-bond donors (Lipinski definition) is 1. The predicted octanol–water partition coefficient (Wildman–Crippen LogP) is 2.40. The van der Waals surface area contributed by atoms with Gasteiger partial charge in [0.15, 0.2) is 0 Å². The summed E-state index contributed by atoms with van der Waals surface area (Å²) in [5, 5.41) is 8.94. The molecule has 0 radical (unpaired) electrons. The van der Waals surface area contributed by atoms with Gasteiger partial charge in [-0.15, -0.1) is 11.6 Å². The zero-order valence-corrected chi connectivity index (χ0v) is 9.66. The average molecular weight is 245 g/mol. The lowest BCUT2D eigenvalue weighted by Gasteiger charge is -2.09. The lowest BCUT2D eigenvalue weighted by molar-refractivity contribution is 0.0692. The number of ether oxygens (including phenoxy) is 2. The van der Waals surface area contributed by atoms with Gasteiger partial charge in [0.2, 0.25) is 0 Å². The van der Waals surface area contributed by atoms with Crippen molar-refractivity contribution in [2.75, 3.05) is 19.6 Å². The Morgan fingerprint density at radius 3 is 2.81 bits per heavy atom. The van der Waals surface area contributed by atoms with E-state index in [1.54, 1.807) is 12.1 Å². The molecule has 0 atom stereocenters. The maximum Gasteiger partial charge on any atom is 0.339 e. The Bertz CT molecular complexity index is 365. The summed E-state index contributed by atoms with van der Waals surface area (Å²) in [6.45, 7) is 0.386. The molecule has 0 amide bonds. The van der Waals surface area contributed by atoms with Crippen LogP contribution in [0.3, 0.4) is 0 Å². The summed E-state index contributed by atoms with van der Waals surface area (Å²) >= 11 is 5.51. The summed E-state index contributed by atoms with van der Waals surface area (Å²) in [6.07, 6.45) is 0.665. The van der Waals surface area contributed by atoms with Crippen molar-refractivity contribution in [3.8, 4) is 11.5 Å². The Hall–Kier alpha value is -1.42. The highest BCUT2D eigenvalue weighted by molar-refractivity contribution is 6.17. The van der Waals surface area contributed by atoms with Crippen molar-refractivity contribution >= 4 is 17.6 Å². The van der Waals surface area contributed by atoms with Crippen molar-refractivity contribution in [2.24, 2.45) is 0 Å². The molecule has 0 saturated heterocycles. The van der Waals surface area contributed by atoms with E-state index in [2.05, 4.69) is 0 Å².